The summed E-state index contributed by atoms with van der Waals surface area (Å²) in [6.07, 6.45) is 0.230. The number of carbonyl (C=O) groups excluding carboxylic acids is 1. The average Bonchev–Trinajstić information content (AvgIpc) is 3.21. The molecule has 0 saturated carbocycles. The highest BCUT2D eigenvalue weighted by molar-refractivity contribution is 5.84. The Morgan fingerprint density at radius 1 is 0.879 bits per heavy atom. The first-order valence-electron chi connectivity index (χ1n) is 10.9. The van der Waals surface area contributed by atoms with E-state index in [2.05, 4.69) is 23.5 Å². The van der Waals surface area contributed by atoms with E-state index in [1.807, 2.05) is 66.7 Å². The SMILES string of the molecule is O=C(N[C@H](Cc1ccc2ccccc2c1)C(=O)O)OCc1cccc2c1Cc1ccccc1-2. The topological polar surface area (TPSA) is 75.6 Å². The Kier molecular flexibility index (Phi) is 5.53. The number of amides is 1. The van der Waals surface area contributed by atoms with Crippen LogP contribution < -0.4 is 5.32 Å². The summed E-state index contributed by atoms with van der Waals surface area (Å²) < 4.78 is 5.43. The fraction of sp³-hybridized carbons (Fsp3) is 0.143. The minimum absolute atomic E-state index is 0.0886. The number of carboxylic acids is 1. The highest BCUT2D eigenvalue weighted by Gasteiger charge is 2.23. The van der Waals surface area contributed by atoms with Crippen LogP contribution in [0.2, 0.25) is 0 Å². The molecule has 2 N–H and O–H groups in total. The van der Waals surface area contributed by atoms with Gasteiger partial charge in [-0.15, -0.1) is 0 Å². The molecule has 0 saturated heterocycles. The second-order valence-corrected chi connectivity index (χ2v) is 8.27. The molecule has 0 fully saturated rings. The Morgan fingerprint density at radius 2 is 1.64 bits per heavy atom. The van der Waals surface area contributed by atoms with Crippen LogP contribution in [0.15, 0.2) is 84.9 Å². The van der Waals surface area contributed by atoms with E-state index in [-0.39, 0.29) is 13.0 Å². The number of hydrogen-bond acceptors (Lipinski definition) is 3. The van der Waals surface area contributed by atoms with E-state index in [0.717, 1.165) is 39.4 Å². The normalized spacial score (nSPS) is 12.6. The third-order valence-electron chi connectivity index (χ3n) is 6.15. The molecule has 0 bridgehead atoms. The summed E-state index contributed by atoms with van der Waals surface area (Å²) in [6, 6.07) is 26.8. The summed E-state index contributed by atoms with van der Waals surface area (Å²) in [5, 5.41) is 14.3. The lowest BCUT2D eigenvalue weighted by atomic mass is 10.0. The van der Waals surface area contributed by atoms with Crippen LogP contribution in [-0.4, -0.2) is 23.2 Å². The van der Waals surface area contributed by atoms with Crippen molar-refractivity contribution in [3.8, 4) is 11.1 Å². The zero-order chi connectivity index (χ0) is 22.8. The Bertz CT molecular complexity index is 1360. The second kappa shape index (κ2) is 8.79. The largest absolute Gasteiger partial charge is 0.480 e. The van der Waals surface area contributed by atoms with Gasteiger partial charge in [0.15, 0.2) is 0 Å². The third kappa shape index (κ3) is 4.30. The van der Waals surface area contributed by atoms with Crippen molar-refractivity contribution in [1.29, 1.82) is 0 Å². The van der Waals surface area contributed by atoms with Crippen molar-refractivity contribution in [1.82, 2.24) is 5.32 Å². The van der Waals surface area contributed by atoms with E-state index >= 15 is 0 Å². The van der Waals surface area contributed by atoms with Gasteiger partial charge in [0.1, 0.15) is 12.6 Å². The molecule has 0 radical (unpaired) electrons. The van der Waals surface area contributed by atoms with Gasteiger partial charge >= 0.3 is 12.1 Å². The Hall–Kier alpha value is -4.12. The lowest BCUT2D eigenvalue weighted by Gasteiger charge is -2.16. The summed E-state index contributed by atoms with van der Waals surface area (Å²) in [5.41, 5.74) is 6.54. The number of fused-ring (bicyclic) bond motifs is 4. The molecule has 164 valence electrons. The van der Waals surface area contributed by atoms with Gasteiger partial charge < -0.3 is 15.2 Å². The Labute approximate surface area is 191 Å². The Morgan fingerprint density at radius 3 is 2.48 bits per heavy atom. The second-order valence-electron chi connectivity index (χ2n) is 8.27. The average molecular weight is 437 g/mol. The molecule has 0 aliphatic heterocycles. The maximum Gasteiger partial charge on any atom is 0.408 e. The molecular weight excluding hydrogens is 414 g/mol. The van der Waals surface area contributed by atoms with Gasteiger partial charge in [-0.05, 0) is 50.6 Å². The number of rotatable bonds is 6. The predicted octanol–water partition coefficient (Wildman–Crippen LogP) is 5.33. The molecule has 5 nitrogen and oxygen atoms in total. The molecule has 1 atom stereocenters. The zero-order valence-corrected chi connectivity index (χ0v) is 18.0. The minimum atomic E-state index is -1.10. The molecule has 1 amide bonds. The first-order chi connectivity index (χ1) is 16.1. The van der Waals surface area contributed by atoms with E-state index in [4.69, 9.17) is 4.74 Å². The fourth-order valence-corrected chi connectivity index (χ4v) is 4.49. The molecule has 5 rings (SSSR count). The van der Waals surface area contributed by atoms with Gasteiger partial charge in [0.25, 0.3) is 0 Å². The number of ether oxygens (including phenoxy) is 1. The summed E-state index contributed by atoms with van der Waals surface area (Å²) in [6.45, 7) is 0.0886. The highest BCUT2D eigenvalue weighted by Crippen LogP contribution is 2.38. The van der Waals surface area contributed by atoms with Crippen LogP contribution in [0.3, 0.4) is 0 Å². The standard InChI is InChI=1S/C28H23NO4/c30-27(31)26(15-18-12-13-19-6-1-2-7-20(19)14-18)29-28(32)33-17-22-9-5-11-24-23-10-4-3-8-21(23)16-25(22)24/h1-14,26H,15-17H2,(H,29,32)(H,30,31)/t26-/m1/s1. The van der Waals surface area contributed by atoms with Crippen LogP contribution in [-0.2, 0) is 29.0 Å². The maximum atomic E-state index is 12.5. The predicted molar refractivity (Wildman–Crippen MR) is 127 cm³/mol. The summed E-state index contributed by atoms with van der Waals surface area (Å²) in [5.74, 6) is -1.10. The van der Waals surface area contributed by atoms with E-state index in [1.54, 1.807) is 0 Å². The number of benzene rings is 4. The molecule has 0 aromatic heterocycles. The number of alkyl carbamates (subject to hydrolysis) is 1. The van der Waals surface area contributed by atoms with Crippen LogP contribution in [0.1, 0.15) is 22.3 Å². The molecule has 5 heteroatoms. The minimum Gasteiger partial charge on any atom is -0.480 e. The van der Waals surface area contributed by atoms with Crippen molar-refractivity contribution >= 4 is 22.8 Å². The number of hydrogen-bond donors (Lipinski definition) is 2. The van der Waals surface area contributed by atoms with Gasteiger partial charge in [-0.1, -0.05) is 84.9 Å². The van der Waals surface area contributed by atoms with Crippen LogP contribution in [0.25, 0.3) is 21.9 Å². The molecule has 1 aliphatic carbocycles. The van der Waals surface area contributed by atoms with Gasteiger partial charge in [0.05, 0.1) is 0 Å². The van der Waals surface area contributed by atoms with Crippen molar-refractivity contribution < 1.29 is 19.4 Å². The van der Waals surface area contributed by atoms with Crippen LogP contribution in [0.5, 0.6) is 0 Å². The highest BCUT2D eigenvalue weighted by atomic mass is 16.5. The molecule has 4 aromatic carbocycles. The fourth-order valence-electron chi connectivity index (χ4n) is 4.49. The number of aliphatic carboxylic acids is 1. The van der Waals surface area contributed by atoms with E-state index < -0.39 is 18.1 Å². The van der Waals surface area contributed by atoms with Crippen molar-refractivity contribution in [3.63, 3.8) is 0 Å². The summed E-state index contributed by atoms with van der Waals surface area (Å²) in [4.78, 5) is 24.2. The lowest BCUT2D eigenvalue weighted by molar-refractivity contribution is -0.139. The third-order valence-corrected chi connectivity index (χ3v) is 6.15. The molecule has 1 aliphatic rings. The monoisotopic (exact) mass is 437 g/mol. The molecule has 33 heavy (non-hydrogen) atoms. The molecule has 4 aromatic rings. The van der Waals surface area contributed by atoms with Crippen molar-refractivity contribution in [2.24, 2.45) is 0 Å². The zero-order valence-electron chi connectivity index (χ0n) is 18.0. The molecule has 0 heterocycles. The number of carboxylic acid groups (broad SMARTS) is 1. The van der Waals surface area contributed by atoms with Gasteiger partial charge in [0, 0.05) is 6.42 Å². The quantitative estimate of drug-likeness (QED) is 0.376. The van der Waals surface area contributed by atoms with Gasteiger partial charge in [-0.3, -0.25) is 0 Å². The van der Waals surface area contributed by atoms with Gasteiger partial charge in [-0.25, -0.2) is 9.59 Å². The van der Waals surface area contributed by atoms with E-state index in [9.17, 15) is 14.7 Å². The van der Waals surface area contributed by atoms with Crippen molar-refractivity contribution in [3.05, 3.63) is 107 Å². The van der Waals surface area contributed by atoms with E-state index in [0.29, 0.717) is 0 Å². The smallest absolute Gasteiger partial charge is 0.408 e. The van der Waals surface area contributed by atoms with Crippen LogP contribution in [0.4, 0.5) is 4.79 Å². The van der Waals surface area contributed by atoms with Crippen molar-refractivity contribution in [2.75, 3.05) is 0 Å². The van der Waals surface area contributed by atoms with Gasteiger partial charge in [0.2, 0.25) is 0 Å². The molecule has 0 unspecified atom stereocenters. The first-order valence-corrected chi connectivity index (χ1v) is 10.9. The maximum absolute atomic E-state index is 12.5. The molecular formula is C28H23NO4. The number of carbonyl (C=O) groups is 2. The molecule has 0 spiro atoms. The van der Waals surface area contributed by atoms with Crippen molar-refractivity contribution in [2.45, 2.75) is 25.5 Å². The Balaban J connectivity index is 1.25. The lowest BCUT2D eigenvalue weighted by Crippen LogP contribution is -2.42. The summed E-state index contributed by atoms with van der Waals surface area (Å²) in [7, 11) is 0. The van der Waals surface area contributed by atoms with Crippen LogP contribution >= 0.6 is 0 Å². The van der Waals surface area contributed by atoms with Crippen LogP contribution in [0, 0.1) is 0 Å². The number of nitrogens with one attached hydrogen (secondary N) is 1. The summed E-state index contributed by atoms with van der Waals surface area (Å²) >= 11 is 0. The first kappa shape index (κ1) is 20.8. The van der Waals surface area contributed by atoms with Gasteiger partial charge in [-0.2, -0.15) is 0 Å². The van der Waals surface area contributed by atoms with E-state index in [1.165, 1.54) is 11.1 Å².